The van der Waals surface area contributed by atoms with Gasteiger partial charge in [0.25, 0.3) is 0 Å². The molecule has 0 amide bonds. The molecule has 4 heteroatoms. The van der Waals surface area contributed by atoms with E-state index in [-0.39, 0.29) is 0 Å². The molecule has 3 nitrogen and oxygen atoms in total. The Balaban J connectivity index is 2.23. The lowest BCUT2D eigenvalue weighted by Gasteiger charge is -2.11. The molecule has 1 N–H and O–H groups in total. The average Bonchev–Trinajstić information content (AvgIpc) is 2.28. The Morgan fingerprint density at radius 1 is 1.25 bits per heavy atom. The van der Waals surface area contributed by atoms with Gasteiger partial charge in [-0.3, -0.25) is 0 Å². The molecular weight excluding hydrogens is 272 g/mol. The molecule has 1 atom stereocenters. The van der Waals surface area contributed by atoms with Gasteiger partial charge in [-0.05, 0) is 17.7 Å². The highest BCUT2D eigenvalue weighted by Crippen LogP contribution is 2.11. The summed E-state index contributed by atoms with van der Waals surface area (Å²) < 4.78 is 11.1. The summed E-state index contributed by atoms with van der Waals surface area (Å²) in [6.07, 6.45) is 0.151. The molecule has 0 radical (unpaired) electrons. The first kappa shape index (κ1) is 13.6. The van der Waals surface area contributed by atoms with Crippen molar-refractivity contribution in [3.05, 3.63) is 34.3 Å². The minimum absolute atomic E-state index is 0.347. The van der Waals surface area contributed by atoms with Crippen LogP contribution in [-0.2, 0) is 15.9 Å². The van der Waals surface area contributed by atoms with Crippen molar-refractivity contribution in [1.29, 1.82) is 0 Å². The molecule has 0 bridgehead atoms. The summed E-state index contributed by atoms with van der Waals surface area (Å²) in [5, 5.41) is 9.69. The third kappa shape index (κ3) is 5.61. The van der Waals surface area contributed by atoms with Gasteiger partial charge in [0.05, 0.1) is 25.9 Å². The minimum Gasteiger partial charge on any atom is -0.390 e. The first-order valence-corrected chi connectivity index (χ1v) is 6.01. The van der Waals surface area contributed by atoms with Crippen molar-refractivity contribution in [1.82, 2.24) is 0 Å². The highest BCUT2D eigenvalue weighted by molar-refractivity contribution is 9.10. The molecule has 0 spiro atoms. The fraction of sp³-hybridized carbons (Fsp3) is 0.500. The van der Waals surface area contributed by atoms with Crippen LogP contribution in [0.4, 0.5) is 0 Å². The van der Waals surface area contributed by atoms with Crippen molar-refractivity contribution >= 4 is 15.9 Å². The summed E-state index contributed by atoms with van der Waals surface area (Å²) in [6.45, 7) is 1.43. The number of methoxy groups -OCH3 is 1. The van der Waals surface area contributed by atoms with Crippen LogP contribution in [0.3, 0.4) is 0 Å². The zero-order valence-electron chi connectivity index (χ0n) is 9.36. The SMILES string of the molecule is COCCOCC(O)Cc1ccc(Br)cc1. The van der Waals surface area contributed by atoms with Crippen LogP contribution in [0, 0.1) is 0 Å². The van der Waals surface area contributed by atoms with Crippen LogP contribution in [0.5, 0.6) is 0 Å². The summed E-state index contributed by atoms with van der Waals surface area (Å²) in [5.74, 6) is 0. The molecule has 1 aromatic carbocycles. The number of aliphatic hydroxyl groups is 1. The summed E-state index contributed by atoms with van der Waals surface area (Å²) in [5.41, 5.74) is 1.10. The number of hydrogen-bond acceptors (Lipinski definition) is 3. The molecule has 0 aliphatic carbocycles. The van der Waals surface area contributed by atoms with Crippen LogP contribution in [0.15, 0.2) is 28.7 Å². The molecule has 0 aliphatic rings. The summed E-state index contributed by atoms with van der Waals surface area (Å²) in [7, 11) is 1.63. The summed E-state index contributed by atoms with van der Waals surface area (Å²) >= 11 is 3.37. The zero-order chi connectivity index (χ0) is 11.8. The smallest absolute Gasteiger partial charge is 0.0813 e. The topological polar surface area (TPSA) is 38.7 Å². The van der Waals surface area contributed by atoms with Crippen LogP contribution >= 0.6 is 15.9 Å². The maximum Gasteiger partial charge on any atom is 0.0813 e. The molecule has 16 heavy (non-hydrogen) atoms. The summed E-state index contributed by atoms with van der Waals surface area (Å²) in [4.78, 5) is 0. The normalized spacial score (nSPS) is 12.7. The fourth-order valence-electron chi connectivity index (χ4n) is 1.31. The third-order valence-electron chi connectivity index (χ3n) is 2.13. The molecule has 0 saturated heterocycles. The molecule has 1 rings (SSSR count). The van der Waals surface area contributed by atoms with E-state index in [0.717, 1.165) is 10.0 Å². The van der Waals surface area contributed by atoms with Crippen LogP contribution in [0.2, 0.25) is 0 Å². The van der Waals surface area contributed by atoms with Crippen LogP contribution in [0.1, 0.15) is 5.56 Å². The molecule has 1 unspecified atom stereocenters. The lowest BCUT2D eigenvalue weighted by Crippen LogP contribution is -2.19. The monoisotopic (exact) mass is 288 g/mol. The van der Waals surface area contributed by atoms with Gasteiger partial charge in [-0.2, -0.15) is 0 Å². The largest absolute Gasteiger partial charge is 0.390 e. The van der Waals surface area contributed by atoms with E-state index in [1.807, 2.05) is 24.3 Å². The number of ether oxygens (including phenoxy) is 2. The van der Waals surface area contributed by atoms with Gasteiger partial charge >= 0.3 is 0 Å². The van der Waals surface area contributed by atoms with Gasteiger partial charge in [-0.1, -0.05) is 28.1 Å². The maximum atomic E-state index is 9.69. The lowest BCUT2D eigenvalue weighted by molar-refractivity contribution is 0.0137. The second-order valence-electron chi connectivity index (χ2n) is 3.55. The van der Waals surface area contributed by atoms with E-state index < -0.39 is 6.10 Å². The van der Waals surface area contributed by atoms with E-state index in [0.29, 0.717) is 26.2 Å². The summed E-state index contributed by atoms with van der Waals surface area (Å²) in [6, 6.07) is 7.91. The first-order chi connectivity index (χ1) is 7.72. The lowest BCUT2D eigenvalue weighted by atomic mass is 10.1. The second kappa shape index (κ2) is 7.79. The molecule has 0 heterocycles. The van der Waals surface area contributed by atoms with Gasteiger partial charge in [-0.15, -0.1) is 0 Å². The quantitative estimate of drug-likeness (QED) is 0.780. The number of hydrogen-bond donors (Lipinski definition) is 1. The third-order valence-corrected chi connectivity index (χ3v) is 2.66. The molecular formula is C12H17BrO3. The second-order valence-corrected chi connectivity index (χ2v) is 4.47. The number of aliphatic hydroxyl groups excluding tert-OH is 1. The van der Waals surface area contributed by atoms with Crippen molar-refractivity contribution in [2.45, 2.75) is 12.5 Å². The standard InChI is InChI=1S/C12H17BrO3/c1-15-6-7-16-9-12(14)8-10-2-4-11(13)5-3-10/h2-5,12,14H,6-9H2,1H3. The Morgan fingerprint density at radius 3 is 2.56 bits per heavy atom. The van der Waals surface area contributed by atoms with Crippen molar-refractivity contribution in [3.8, 4) is 0 Å². The van der Waals surface area contributed by atoms with Gasteiger partial charge in [0.15, 0.2) is 0 Å². The van der Waals surface area contributed by atoms with Gasteiger partial charge in [0.2, 0.25) is 0 Å². The molecule has 0 aliphatic heterocycles. The highest BCUT2D eigenvalue weighted by atomic mass is 79.9. The van der Waals surface area contributed by atoms with Gasteiger partial charge < -0.3 is 14.6 Å². The van der Waals surface area contributed by atoms with Crippen molar-refractivity contribution < 1.29 is 14.6 Å². The highest BCUT2D eigenvalue weighted by Gasteiger charge is 2.05. The first-order valence-electron chi connectivity index (χ1n) is 5.21. The molecule has 0 fully saturated rings. The van der Waals surface area contributed by atoms with Gasteiger partial charge in [0.1, 0.15) is 0 Å². The van der Waals surface area contributed by atoms with Crippen molar-refractivity contribution in [2.24, 2.45) is 0 Å². The van der Waals surface area contributed by atoms with E-state index >= 15 is 0 Å². The minimum atomic E-state index is -0.460. The number of benzene rings is 1. The maximum absolute atomic E-state index is 9.69. The Morgan fingerprint density at radius 2 is 1.94 bits per heavy atom. The molecule has 1 aromatic rings. The van der Waals surface area contributed by atoms with E-state index in [9.17, 15) is 5.11 Å². The van der Waals surface area contributed by atoms with Gasteiger partial charge in [0, 0.05) is 18.0 Å². The van der Waals surface area contributed by atoms with E-state index in [4.69, 9.17) is 9.47 Å². The van der Waals surface area contributed by atoms with Crippen LogP contribution < -0.4 is 0 Å². The molecule has 90 valence electrons. The van der Waals surface area contributed by atoms with Crippen LogP contribution in [-0.4, -0.2) is 38.1 Å². The Kier molecular flexibility index (Phi) is 6.64. The van der Waals surface area contributed by atoms with E-state index in [1.54, 1.807) is 7.11 Å². The number of rotatable bonds is 7. The Labute approximate surface area is 105 Å². The molecule has 0 saturated carbocycles. The predicted octanol–water partition coefficient (Wildman–Crippen LogP) is 2.02. The average molecular weight is 289 g/mol. The predicted molar refractivity (Wildman–Crippen MR) is 66.5 cm³/mol. The Hall–Kier alpha value is -0.420. The van der Waals surface area contributed by atoms with Gasteiger partial charge in [-0.25, -0.2) is 0 Å². The number of halogens is 1. The van der Waals surface area contributed by atoms with E-state index in [2.05, 4.69) is 15.9 Å². The fourth-order valence-corrected chi connectivity index (χ4v) is 1.58. The van der Waals surface area contributed by atoms with Crippen LogP contribution in [0.25, 0.3) is 0 Å². The van der Waals surface area contributed by atoms with E-state index in [1.165, 1.54) is 0 Å². The Bertz CT molecular complexity index is 287. The molecule has 0 aromatic heterocycles. The van der Waals surface area contributed by atoms with Crippen molar-refractivity contribution in [3.63, 3.8) is 0 Å². The van der Waals surface area contributed by atoms with Crippen molar-refractivity contribution in [2.75, 3.05) is 26.9 Å². The zero-order valence-corrected chi connectivity index (χ0v) is 10.9.